The van der Waals surface area contributed by atoms with Crippen LogP contribution in [0.5, 0.6) is 5.75 Å². The highest BCUT2D eigenvalue weighted by Crippen LogP contribution is 2.34. The fourth-order valence-corrected chi connectivity index (χ4v) is 4.48. The molecule has 4 aromatic rings. The molecule has 0 saturated carbocycles. The van der Waals surface area contributed by atoms with Crippen LogP contribution in [-0.2, 0) is 5.75 Å². The van der Waals surface area contributed by atoms with Gasteiger partial charge in [0.15, 0.2) is 11.0 Å². The molecule has 4 nitrogen and oxygen atoms in total. The topological polar surface area (TPSA) is 39.9 Å². The molecule has 0 bridgehead atoms. The minimum absolute atomic E-state index is 0.779. The van der Waals surface area contributed by atoms with E-state index in [4.69, 9.17) is 4.74 Å². The van der Waals surface area contributed by atoms with Gasteiger partial charge in [-0.1, -0.05) is 59.8 Å². The van der Waals surface area contributed by atoms with Crippen LogP contribution in [0.15, 0.2) is 71.9 Å². The van der Waals surface area contributed by atoms with Crippen molar-refractivity contribution in [2.45, 2.75) is 31.7 Å². The summed E-state index contributed by atoms with van der Waals surface area (Å²) >= 11 is 1.70. The second-order valence-corrected chi connectivity index (χ2v) is 8.34. The molecular weight excluding hydrogens is 390 g/mol. The van der Waals surface area contributed by atoms with E-state index in [2.05, 4.69) is 78.0 Å². The van der Waals surface area contributed by atoms with Gasteiger partial charge in [0.2, 0.25) is 0 Å². The van der Waals surface area contributed by atoms with E-state index in [9.17, 15) is 0 Å². The first-order chi connectivity index (χ1) is 14.6. The SMILES string of the molecule is COc1ccccc1-c1nnc(SCc2cc(C)ccc2C)n1-c1cccc(C)c1. The van der Waals surface area contributed by atoms with Crippen LogP contribution in [-0.4, -0.2) is 21.9 Å². The van der Waals surface area contributed by atoms with Gasteiger partial charge in [-0.25, -0.2) is 0 Å². The standard InChI is InChI=1S/C25H25N3OS/c1-17-8-7-9-21(15-17)28-24(22-10-5-6-11-23(22)29-4)26-27-25(28)30-16-20-14-18(2)12-13-19(20)3/h5-15H,16H2,1-4H3. The van der Waals surface area contributed by atoms with Crippen molar-refractivity contribution < 1.29 is 4.74 Å². The highest BCUT2D eigenvalue weighted by molar-refractivity contribution is 7.98. The van der Waals surface area contributed by atoms with Crippen LogP contribution < -0.4 is 4.74 Å². The molecule has 1 aromatic heterocycles. The molecule has 1 heterocycles. The Balaban J connectivity index is 1.79. The lowest BCUT2D eigenvalue weighted by atomic mass is 10.1. The molecule has 5 heteroatoms. The summed E-state index contributed by atoms with van der Waals surface area (Å²) in [5.74, 6) is 2.40. The molecule has 0 N–H and O–H groups in total. The number of hydrogen-bond acceptors (Lipinski definition) is 4. The second-order valence-electron chi connectivity index (χ2n) is 7.40. The Kier molecular flexibility index (Phi) is 5.91. The monoisotopic (exact) mass is 415 g/mol. The zero-order chi connectivity index (χ0) is 21.1. The zero-order valence-corrected chi connectivity index (χ0v) is 18.5. The molecule has 3 aromatic carbocycles. The second kappa shape index (κ2) is 8.76. The summed E-state index contributed by atoms with van der Waals surface area (Å²) in [4.78, 5) is 0. The lowest BCUT2D eigenvalue weighted by molar-refractivity contribution is 0.416. The lowest BCUT2D eigenvalue weighted by Gasteiger charge is -2.13. The lowest BCUT2D eigenvalue weighted by Crippen LogP contribution is -2.01. The van der Waals surface area contributed by atoms with Gasteiger partial charge in [0.1, 0.15) is 5.75 Å². The van der Waals surface area contributed by atoms with Crippen LogP contribution in [0.4, 0.5) is 0 Å². The number of benzene rings is 3. The summed E-state index contributed by atoms with van der Waals surface area (Å²) in [7, 11) is 1.68. The van der Waals surface area contributed by atoms with E-state index in [0.29, 0.717) is 0 Å². The van der Waals surface area contributed by atoms with Crippen molar-refractivity contribution in [2.75, 3.05) is 7.11 Å². The highest BCUT2D eigenvalue weighted by atomic mass is 32.2. The molecular formula is C25H25N3OS. The highest BCUT2D eigenvalue weighted by Gasteiger charge is 2.19. The van der Waals surface area contributed by atoms with Crippen molar-refractivity contribution in [3.05, 3.63) is 89.0 Å². The van der Waals surface area contributed by atoms with E-state index in [1.165, 1.54) is 22.3 Å². The Labute approximate surface area is 181 Å². The summed E-state index contributed by atoms with van der Waals surface area (Å²) in [6.45, 7) is 6.38. The Morgan fingerprint density at radius 2 is 1.67 bits per heavy atom. The summed E-state index contributed by atoms with van der Waals surface area (Å²) in [6, 6.07) is 22.9. The molecule has 0 amide bonds. The molecule has 0 spiro atoms. The molecule has 0 fully saturated rings. The molecule has 0 atom stereocenters. The van der Waals surface area contributed by atoms with Gasteiger partial charge in [-0.3, -0.25) is 4.57 Å². The van der Waals surface area contributed by atoms with Crippen LogP contribution in [0.1, 0.15) is 22.3 Å². The summed E-state index contributed by atoms with van der Waals surface area (Å²) in [5, 5.41) is 9.99. The van der Waals surface area contributed by atoms with Crippen molar-refractivity contribution in [3.8, 4) is 22.8 Å². The number of ether oxygens (including phenoxy) is 1. The molecule has 0 aliphatic rings. The minimum Gasteiger partial charge on any atom is -0.496 e. The van der Waals surface area contributed by atoms with Crippen molar-refractivity contribution in [3.63, 3.8) is 0 Å². The van der Waals surface area contributed by atoms with E-state index in [1.54, 1.807) is 18.9 Å². The van der Waals surface area contributed by atoms with Gasteiger partial charge in [-0.15, -0.1) is 10.2 Å². The summed E-state index contributed by atoms with van der Waals surface area (Å²) in [5.41, 5.74) is 7.04. The van der Waals surface area contributed by atoms with Gasteiger partial charge < -0.3 is 4.74 Å². The largest absolute Gasteiger partial charge is 0.496 e. The van der Waals surface area contributed by atoms with Crippen LogP contribution in [0, 0.1) is 20.8 Å². The quantitative estimate of drug-likeness (QED) is 0.354. The molecule has 4 rings (SSSR count). The molecule has 0 unspecified atom stereocenters. The predicted molar refractivity (Wildman–Crippen MR) is 124 cm³/mol. The van der Waals surface area contributed by atoms with Gasteiger partial charge in [0, 0.05) is 11.4 Å². The van der Waals surface area contributed by atoms with Gasteiger partial charge in [0.25, 0.3) is 0 Å². The van der Waals surface area contributed by atoms with Crippen molar-refractivity contribution in [1.29, 1.82) is 0 Å². The van der Waals surface area contributed by atoms with E-state index in [1.807, 2.05) is 24.3 Å². The van der Waals surface area contributed by atoms with E-state index in [-0.39, 0.29) is 0 Å². The van der Waals surface area contributed by atoms with Crippen LogP contribution >= 0.6 is 11.8 Å². The molecule has 0 aliphatic carbocycles. The van der Waals surface area contributed by atoms with Crippen molar-refractivity contribution in [1.82, 2.24) is 14.8 Å². The van der Waals surface area contributed by atoms with Gasteiger partial charge in [0.05, 0.1) is 12.7 Å². The van der Waals surface area contributed by atoms with E-state index < -0.39 is 0 Å². The third kappa shape index (κ3) is 4.12. The smallest absolute Gasteiger partial charge is 0.196 e. The number of nitrogens with zero attached hydrogens (tertiary/aromatic N) is 3. The minimum atomic E-state index is 0.779. The number of thioether (sulfide) groups is 1. The average Bonchev–Trinajstić information content (AvgIpc) is 3.18. The molecule has 0 aliphatic heterocycles. The number of para-hydroxylation sites is 1. The number of rotatable bonds is 6. The van der Waals surface area contributed by atoms with Crippen LogP contribution in [0.2, 0.25) is 0 Å². The maximum atomic E-state index is 5.59. The van der Waals surface area contributed by atoms with E-state index in [0.717, 1.165) is 33.7 Å². The van der Waals surface area contributed by atoms with Gasteiger partial charge in [-0.05, 0) is 61.7 Å². The van der Waals surface area contributed by atoms with E-state index >= 15 is 0 Å². The third-order valence-corrected chi connectivity index (χ3v) is 6.08. The zero-order valence-electron chi connectivity index (χ0n) is 17.7. The maximum absolute atomic E-state index is 5.59. The molecule has 0 radical (unpaired) electrons. The van der Waals surface area contributed by atoms with Crippen molar-refractivity contribution >= 4 is 11.8 Å². The van der Waals surface area contributed by atoms with Crippen LogP contribution in [0.3, 0.4) is 0 Å². The Hall–Kier alpha value is -3.05. The van der Waals surface area contributed by atoms with Gasteiger partial charge in [-0.2, -0.15) is 0 Å². The Morgan fingerprint density at radius 3 is 2.47 bits per heavy atom. The Morgan fingerprint density at radius 1 is 0.867 bits per heavy atom. The van der Waals surface area contributed by atoms with Crippen molar-refractivity contribution in [2.24, 2.45) is 0 Å². The first kappa shape index (κ1) is 20.2. The number of aromatic nitrogens is 3. The first-order valence-electron chi connectivity index (χ1n) is 9.91. The average molecular weight is 416 g/mol. The number of methoxy groups -OCH3 is 1. The van der Waals surface area contributed by atoms with Gasteiger partial charge >= 0.3 is 0 Å². The predicted octanol–water partition coefficient (Wildman–Crippen LogP) is 6.16. The third-order valence-electron chi connectivity index (χ3n) is 5.10. The summed E-state index contributed by atoms with van der Waals surface area (Å²) in [6.07, 6.45) is 0. The maximum Gasteiger partial charge on any atom is 0.196 e. The fraction of sp³-hybridized carbons (Fsp3) is 0.200. The number of aryl methyl sites for hydroxylation is 3. The normalized spacial score (nSPS) is 10.9. The number of hydrogen-bond donors (Lipinski definition) is 0. The summed E-state index contributed by atoms with van der Waals surface area (Å²) < 4.78 is 7.72. The van der Waals surface area contributed by atoms with Crippen LogP contribution in [0.25, 0.3) is 17.1 Å². The molecule has 0 saturated heterocycles. The Bertz CT molecular complexity index is 1180. The molecule has 30 heavy (non-hydrogen) atoms. The fourth-order valence-electron chi connectivity index (χ4n) is 3.47. The molecule has 152 valence electrons. The first-order valence-corrected chi connectivity index (χ1v) is 10.9.